The maximum atomic E-state index is 13.5. The highest BCUT2D eigenvalue weighted by molar-refractivity contribution is 9.10. The molecule has 36 heavy (non-hydrogen) atoms. The summed E-state index contributed by atoms with van der Waals surface area (Å²) in [5, 5.41) is 3.27. The first-order chi connectivity index (χ1) is 17.0. The summed E-state index contributed by atoms with van der Waals surface area (Å²) < 4.78 is 40.8. The van der Waals surface area contributed by atoms with Gasteiger partial charge < -0.3 is 10.2 Å². The lowest BCUT2D eigenvalue weighted by Crippen LogP contribution is -2.37. The Morgan fingerprint density at radius 1 is 1.06 bits per heavy atom. The number of nitrogens with zero attached hydrogens (tertiary/aromatic N) is 2. The number of thiocarbonyl (C=S) groups is 1. The lowest BCUT2D eigenvalue weighted by molar-refractivity contribution is -0.137. The van der Waals surface area contributed by atoms with Crippen LogP contribution in [0.2, 0.25) is 5.02 Å². The largest absolute Gasteiger partial charge is 0.416 e. The Morgan fingerprint density at radius 2 is 1.72 bits per heavy atom. The molecule has 11 heteroatoms. The number of amides is 2. The van der Waals surface area contributed by atoms with Crippen LogP contribution in [0.4, 0.5) is 24.5 Å². The number of nitrogens with one attached hydrogen (secondary N) is 1. The molecule has 1 aliphatic rings. The summed E-state index contributed by atoms with van der Waals surface area (Å²) in [6.45, 7) is 0.160. The van der Waals surface area contributed by atoms with Gasteiger partial charge in [0.15, 0.2) is 5.11 Å². The van der Waals surface area contributed by atoms with Crippen LogP contribution in [0.25, 0.3) is 0 Å². The zero-order valence-corrected chi connectivity index (χ0v) is 21.6. The fourth-order valence-electron chi connectivity index (χ4n) is 3.78. The van der Waals surface area contributed by atoms with Gasteiger partial charge in [-0.2, -0.15) is 13.2 Å². The molecule has 1 fully saturated rings. The van der Waals surface area contributed by atoms with E-state index in [-0.39, 0.29) is 23.8 Å². The van der Waals surface area contributed by atoms with Gasteiger partial charge in [-0.3, -0.25) is 14.5 Å². The number of carbonyl (C=O) groups excluding carboxylic acids is 2. The number of benzene rings is 3. The van der Waals surface area contributed by atoms with Crippen LogP contribution in [-0.4, -0.2) is 27.9 Å². The molecular formula is C25H18BrClF3N3O2S. The van der Waals surface area contributed by atoms with E-state index >= 15 is 0 Å². The molecule has 1 saturated heterocycles. The number of carbonyl (C=O) groups is 2. The lowest BCUT2D eigenvalue weighted by atomic mass is 10.1. The molecule has 0 radical (unpaired) electrons. The molecule has 5 nitrogen and oxygen atoms in total. The highest BCUT2D eigenvalue weighted by Gasteiger charge is 2.44. The van der Waals surface area contributed by atoms with Gasteiger partial charge >= 0.3 is 6.18 Å². The summed E-state index contributed by atoms with van der Waals surface area (Å²) in [6, 6.07) is 17.1. The van der Waals surface area contributed by atoms with E-state index in [1.807, 2.05) is 0 Å². The minimum atomic E-state index is -4.59. The number of hydrogen-bond donors (Lipinski definition) is 1. The zero-order valence-electron chi connectivity index (χ0n) is 18.4. The molecule has 0 saturated carbocycles. The van der Waals surface area contributed by atoms with E-state index in [0.717, 1.165) is 27.1 Å². The average molecular weight is 597 g/mol. The monoisotopic (exact) mass is 595 g/mol. The molecule has 1 N–H and O–H groups in total. The van der Waals surface area contributed by atoms with Crippen LogP contribution in [0.15, 0.2) is 77.3 Å². The number of halogens is 5. The predicted molar refractivity (Wildman–Crippen MR) is 140 cm³/mol. The van der Waals surface area contributed by atoms with Crippen LogP contribution >= 0.6 is 39.7 Å². The van der Waals surface area contributed by atoms with Crippen molar-refractivity contribution in [1.82, 2.24) is 4.90 Å². The molecule has 2 amide bonds. The van der Waals surface area contributed by atoms with E-state index in [4.69, 9.17) is 23.8 Å². The summed E-state index contributed by atoms with van der Waals surface area (Å²) in [7, 11) is 0. The normalized spacial score (nSPS) is 16.0. The summed E-state index contributed by atoms with van der Waals surface area (Å²) in [5.41, 5.74) is 0.377. The van der Waals surface area contributed by atoms with E-state index in [1.165, 1.54) is 12.1 Å². The van der Waals surface area contributed by atoms with Crippen molar-refractivity contribution in [1.29, 1.82) is 0 Å². The molecule has 0 bridgehead atoms. The second-order valence-electron chi connectivity index (χ2n) is 8.03. The van der Waals surface area contributed by atoms with Crippen molar-refractivity contribution >= 4 is 68.1 Å². The molecule has 4 rings (SSSR count). The Labute approximate surface area is 224 Å². The first-order valence-corrected chi connectivity index (χ1v) is 12.2. The van der Waals surface area contributed by atoms with Gasteiger partial charge in [0.25, 0.3) is 5.91 Å². The molecule has 3 aromatic carbocycles. The third-order valence-corrected chi connectivity index (χ3v) is 6.72. The first kappa shape index (κ1) is 26.1. The smallest absolute Gasteiger partial charge is 0.332 e. The Balaban J connectivity index is 1.63. The van der Waals surface area contributed by atoms with Gasteiger partial charge in [-0.05, 0) is 72.4 Å². The molecule has 186 valence electrons. The van der Waals surface area contributed by atoms with E-state index < -0.39 is 29.6 Å². The third-order valence-electron chi connectivity index (χ3n) is 5.52. The minimum Gasteiger partial charge on any atom is -0.332 e. The van der Waals surface area contributed by atoms with Crippen molar-refractivity contribution in [3.63, 3.8) is 0 Å². The van der Waals surface area contributed by atoms with Crippen LogP contribution < -0.4 is 10.2 Å². The van der Waals surface area contributed by atoms with Gasteiger partial charge in [0.05, 0.1) is 17.7 Å². The molecule has 1 atom stereocenters. The molecule has 0 aliphatic carbocycles. The van der Waals surface area contributed by atoms with Gasteiger partial charge in [0.1, 0.15) is 6.04 Å². The van der Waals surface area contributed by atoms with Crippen LogP contribution in [0, 0.1) is 0 Å². The van der Waals surface area contributed by atoms with Crippen molar-refractivity contribution < 1.29 is 22.8 Å². The van der Waals surface area contributed by atoms with Gasteiger partial charge in [-0.1, -0.05) is 45.7 Å². The minimum absolute atomic E-state index is 0.00992. The quantitative estimate of drug-likeness (QED) is 0.324. The number of hydrogen-bond acceptors (Lipinski definition) is 3. The summed E-state index contributed by atoms with van der Waals surface area (Å²) in [5.74, 6) is -1.02. The number of rotatable bonds is 6. The Kier molecular flexibility index (Phi) is 7.67. The van der Waals surface area contributed by atoms with Crippen LogP contribution in [0.3, 0.4) is 0 Å². The number of alkyl halides is 3. The molecule has 3 aromatic rings. The van der Waals surface area contributed by atoms with Crippen molar-refractivity contribution in [2.45, 2.75) is 25.2 Å². The Bertz CT molecular complexity index is 1300. The van der Waals surface area contributed by atoms with E-state index in [0.29, 0.717) is 10.7 Å². The number of anilines is 2. The standard InChI is InChI=1S/C25H18BrClF3N3O2S/c26-17-6-10-19(11-7-17)31-22(34)13-21-23(35)33(20-3-1-2-16(12-20)25(28,29)30)24(36)32(21)14-15-4-8-18(27)9-5-15/h1-12,21H,13-14H2,(H,31,34). The average Bonchev–Trinajstić information content (AvgIpc) is 3.05. The Hall–Kier alpha value is -2.95. The van der Waals surface area contributed by atoms with Crippen molar-refractivity contribution in [2.24, 2.45) is 0 Å². The Morgan fingerprint density at radius 3 is 2.36 bits per heavy atom. The molecule has 0 aromatic heterocycles. The van der Waals surface area contributed by atoms with E-state index in [2.05, 4.69) is 21.2 Å². The lowest BCUT2D eigenvalue weighted by Gasteiger charge is -2.24. The van der Waals surface area contributed by atoms with Crippen LogP contribution in [-0.2, 0) is 22.3 Å². The molecule has 1 aliphatic heterocycles. The second-order valence-corrected chi connectivity index (χ2v) is 9.75. The summed E-state index contributed by atoms with van der Waals surface area (Å²) in [4.78, 5) is 28.9. The van der Waals surface area contributed by atoms with E-state index in [1.54, 1.807) is 53.4 Å². The maximum absolute atomic E-state index is 13.5. The highest BCUT2D eigenvalue weighted by Crippen LogP contribution is 2.34. The predicted octanol–water partition coefficient (Wildman–Crippen LogP) is 6.65. The van der Waals surface area contributed by atoms with Gasteiger partial charge in [-0.25, -0.2) is 0 Å². The van der Waals surface area contributed by atoms with Gasteiger partial charge in [-0.15, -0.1) is 0 Å². The van der Waals surface area contributed by atoms with E-state index in [9.17, 15) is 22.8 Å². The summed E-state index contributed by atoms with van der Waals surface area (Å²) in [6.07, 6.45) is -4.84. The highest BCUT2D eigenvalue weighted by atomic mass is 79.9. The molecule has 1 unspecified atom stereocenters. The zero-order chi connectivity index (χ0) is 26.0. The van der Waals surface area contributed by atoms with Crippen molar-refractivity contribution in [3.8, 4) is 0 Å². The SMILES string of the molecule is O=C(CC1C(=O)N(c2cccc(C(F)(F)F)c2)C(=S)N1Cc1ccc(Cl)cc1)Nc1ccc(Br)cc1. The van der Waals surface area contributed by atoms with Gasteiger partial charge in [0.2, 0.25) is 5.91 Å². The van der Waals surface area contributed by atoms with Crippen LogP contribution in [0.5, 0.6) is 0 Å². The topological polar surface area (TPSA) is 52.7 Å². The molecule has 0 spiro atoms. The molecule has 1 heterocycles. The molecular weight excluding hydrogens is 579 g/mol. The van der Waals surface area contributed by atoms with Crippen molar-refractivity contribution in [2.75, 3.05) is 10.2 Å². The van der Waals surface area contributed by atoms with Crippen LogP contribution in [0.1, 0.15) is 17.5 Å². The maximum Gasteiger partial charge on any atom is 0.416 e. The first-order valence-electron chi connectivity index (χ1n) is 10.6. The van der Waals surface area contributed by atoms with Crippen molar-refractivity contribution in [3.05, 3.63) is 93.4 Å². The second kappa shape index (κ2) is 10.6. The fraction of sp³-hybridized carbons (Fsp3) is 0.160. The van der Waals surface area contributed by atoms with Gasteiger partial charge in [0, 0.05) is 21.7 Å². The fourth-order valence-corrected chi connectivity index (χ4v) is 4.56. The third kappa shape index (κ3) is 5.88. The summed E-state index contributed by atoms with van der Waals surface area (Å²) >= 11 is 14.8.